The van der Waals surface area contributed by atoms with Crippen molar-refractivity contribution in [2.24, 2.45) is 0 Å². The van der Waals surface area contributed by atoms with E-state index in [9.17, 15) is 9.59 Å². The predicted molar refractivity (Wildman–Crippen MR) is 104 cm³/mol. The van der Waals surface area contributed by atoms with Crippen LogP contribution >= 0.6 is 0 Å². The summed E-state index contributed by atoms with van der Waals surface area (Å²) in [5, 5.41) is 3.80. The Morgan fingerprint density at radius 1 is 1.12 bits per heavy atom. The Morgan fingerprint density at radius 2 is 1.81 bits per heavy atom. The van der Waals surface area contributed by atoms with Crippen LogP contribution < -0.4 is 10.2 Å². The number of ketones is 1. The van der Waals surface area contributed by atoms with Gasteiger partial charge < -0.3 is 15.2 Å². The Kier molecular flexibility index (Phi) is 5.19. The number of benzene rings is 2. The third-order valence-corrected chi connectivity index (χ3v) is 4.76. The van der Waals surface area contributed by atoms with Crippen LogP contribution in [0.5, 0.6) is 0 Å². The molecule has 0 radical (unpaired) electrons. The Bertz CT molecular complexity index is 928. The van der Waals surface area contributed by atoms with E-state index in [1.807, 2.05) is 69.4 Å². The van der Waals surface area contributed by atoms with Crippen molar-refractivity contribution in [3.63, 3.8) is 0 Å². The molecule has 0 saturated heterocycles. The van der Waals surface area contributed by atoms with Crippen LogP contribution in [0.2, 0.25) is 0 Å². The summed E-state index contributed by atoms with van der Waals surface area (Å²) in [6.45, 7) is 4.09. The Hall–Kier alpha value is -2.92. The second-order valence-corrected chi connectivity index (χ2v) is 6.77. The van der Waals surface area contributed by atoms with Gasteiger partial charge in [0, 0.05) is 28.4 Å². The lowest BCUT2D eigenvalue weighted by Gasteiger charge is -2.20. The van der Waals surface area contributed by atoms with Gasteiger partial charge in [-0.05, 0) is 32.0 Å². The molecule has 134 valence electrons. The first kappa shape index (κ1) is 17.9. The van der Waals surface area contributed by atoms with Crippen LogP contribution in [0.25, 0.3) is 10.9 Å². The number of anilines is 1. The van der Waals surface area contributed by atoms with E-state index in [4.69, 9.17) is 0 Å². The third-order valence-electron chi connectivity index (χ3n) is 4.76. The summed E-state index contributed by atoms with van der Waals surface area (Å²) in [6.07, 6.45) is 1.75. The molecule has 0 spiro atoms. The number of rotatable bonds is 6. The standard InChI is InChI=1S/C21H23N3O2/c1-14-8-10-16(11-9-14)23-20(25)13-24(3)15(2)21(26)18-12-22-19-7-5-4-6-17(18)19/h4-12,15,22H,13H2,1-3H3,(H,23,25)/p+1/t15-/m1/s1. The normalized spacial score (nSPS) is 13.3. The molecule has 1 heterocycles. The molecule has 0 bridgehead atoms. The molecule has 3 N–H and O–H groups in total. The van der Waals surface area contributed by atoms with E-state index in [0.29, 0.717) is 5.56 Å². The number of nitrogens with one attached hydrogen (secondary N) is 3. The average Bonchev–Trinajstić information content (AvgIpc) is 3.06. The minimum Gasteiger partial charge on any atom is -0.360 e. The monoisotopic (exact) mass is 350 g/mol. The van der Waals surface area contributed by atoms with Gasteiger partial charge in [0.05, 0.1) is 7.05 Å². The minimum absolute atomic E-state index is 0.0306. The highest BCUT2D eigenvalue weighted by molar-refractivity contribution is 6.09. The molecule has 3 aromatic rings. The van der Waals surface area contributed by atoms with E-state index in [-0.39, 0.29) is 24.3 Å². The number of amides is 1. The topological polar surface area (TPSA) is 66.4 Å². The maximum atomic E-state index is 12.9. The summed E-state index contributed by atoms with van der Waals surface area (Å²) in [5.41, 5.74) is 3.52. The van der Waals surface area contributed by atoms with Gasteiger partial charge in [0.25, 0.3) is 5.91 Å². The number of hydrogen-bond donors (Lipinski definition) is 3. The SMILES string of the molecule is Cc1ccc(NC(=O)C[NH+](C)[C@H](C)C(=O)c2c[nH]c3ccccc23)cc1. The predicted octanol–water partition coefficient (Wildman–Crippen LogP) is 2.20. The molecular weight excluding hydrogens is 326 g/mol. The number of aromatic nitrogens is 1. The minimum atomic E-state index is -0.321. The van der Waals surface area contributed by atoms with Crippen molar-refractivity contribution >= 4 is 28.3 Å². The van der Waals surface area contributed by atoms with Crippen molar-refractivity contribution in [3.05, 3.63) is 65.9 Å². The van der Waals surface area contributed by atoms with Crippen molar-refractivity contribution in [3.8, 4) is 0 Å². The van der Waals surface area contributed by atoms with Gasteiger partial charge in [0.2, 0.25) is 5.78 Å². The number of fused-ring (bicyclic) bond motifs is 1. The lowest BCUT2D eigenvalue weighted by Crippen LogP contribution is -3.14. The molecule has 0 saturated carbocycles. The summed E-state index contributed by atoms with van der Waals surface area (Å²) in [4.78, 5) is 29.1. The van der Waals surface area contributed by atoms with E-state index in [0.717, 1.165) is 27.1 Å². The number of quaternary nitrogens is 1. The molecular formula is C21H24N3O2+. The molecule has 5 heteroatoms. The van der Waals surface area contributed by atoms with Crippen molar-refractivity contribution in [1.82, 2.24) is 4.98 Å². The van der Waals surface area contributed by atoms with Crippen LogP contribution in [0.4, 0.5) is 5.69 Å². The van der Waals surface area contributed by atoms with Gasteiger partial charge in [0.15, 0.2) is 6.54 Å². The fraction of sp³-hybridized carbons (Fsp3) is 0.238. The summed E-state index contributed by atoms with van der Waals surface area (Å²) >= 11 is 0. The fourth-order valence-electron chi connectivity index (χ4n) is 2.98. The summed E-state index contributed by atoms with van der Waals surface area (Å²) < 4.78 is 0. The molecule has 0 aliphatic rings. The molecule has 26 heavy (non-hydrogen) atoms. The highest BCUT2D eigenvalue weighted by Gasteiger charge is 2.26. The molecule has 0 aliphatic heterocycles. The highest BCUT2D eigenvalue weighted by Crippen LogP contribution is 2.18. The fourth-order valence-corrected chi connectivity index (χ4v) is 2.98. The van der Waals surface area contributed by atoms with E-state index >= 15 is 0 Å². The molecule has 1 aromatic heterocycles. The molecule has 2 aromatic carbocycles. The van der Waals surface area contributed by atoms with Crippen molar-refractivity contribution in [2.75, 3.05) is 18.9 Å². The molecule has 1 amide bonds. The Labute approximate surface area is 153 Å². The first-order valence-electron chi connectivity index (χ1n) is 8.75. The number of Topliss-reactive ketones (excluding diaryl/α,β-unsaturated/α-hetero) is 1. The zero-order valence-corrected chi connectivity index (χ0v) is 15.3. The van der Waals surface area contributed by atoms with Gasteiger partial charge in [0.1, 0.15) is 6.04 Å². The van der Waals surface area contributed by atoms with Crippen molar-refractivity contribution < 1.29 is 14.5 Å². The first-order valence-corrected chi connectivity index (χ1v) is 8.75. The van der Waals surface area contributed by atoms with Gasteiger partial charge in [-0.3, -0.25) is 9.59 Å². The molecule has 5 nitrogen and oxygen atoms in total. The van der Waals surface area contributed by atoms with Crippen LogP contribution in [0, 0.1) is 6.92 Å². The molecule has 1 unspecified atom stereocenters. The smallest absolute Gasteiger partial charge is 0.279 e. The maximum Gasteiger partial charge on any atom is 0.279 e. The molecule has 0 fully saturated rings. The van der Waals surface area contributed by atoms with E-state index in [2.05, 4.69) is 10.3 Å². The van der Waals surface area contributed by atoms with Gasteiger partial charge in [-0.2, -0.15) is 0 Å². The first-order chi connectivity index (χ1) is 12.5. The summed E-state index contributed by atoms with van der Waals surface area (Å²) in [5.74, 6) is -0.0759. The van der Waals surface area contributed by atoms with E-state index in [1.165, 1.54) is 0 Å². The summed E-state index contributed by atoms with van der Waals surface area (Å²) in [7, 11) is 1.87. The lowest BCUT2D eigenvalue weighted by molar-refractivity contribution is -0.885. The number of H-pyrrole nitrogens is 1. The average molecular weight is 350 g/mol. The number of carbonyl (C=O) groups is 2. The molecule has 2 atom stereocenters. The van der Waals surface area contributed by atoms with Crippen LogP contribution in [0.1, 0.15) is 22.8 Å². The summed E-state index contributed by atoms with van der Waals surface area (Å²) in [6, 6.07) is 15.1. The zero-order chi connectivity index (χ0) is 18.7. The number of aryl methyl sites for hydroxylation is 1. The zero-order valence-electron chi connectivity index (χ0n) is 15.3. The Balaban J connectivity index is 1.65. The maximum absolute atomic E-state index is 12.9. The van der Waals surface area contributed by atoms with Crippen LogP contribution in [0.15, 0.2) is 54.7 Å². The van der Waals surface area contributed by atoms with E-state index in [1.54, 1.807) is 6.20 Å². The highest BCUT2D eigenvalue weighted by atomic mass is 16.2. The van der Waals surface area contributed by atoms with Crippen molar-refractivity contribution in [2.45, 2.75) is 19.9 Å². The van der Waals surface area contributed by atoms with Gasteiger partial charge in [-0.15, -0.1) is 0 Å². The van der Waals surface area contributed by atoms with Crippen molar-refractivity contribution in [1.29, 1.82) is 0 Å². The van der Waals surface area contributed by atoms with Crippen LogP contribution in [-0.4, -0.2) is 36.3 Å². The number of aromatic amines is 1. The number of likely N-dealkylation sites (N-methyl/N-ethyl adjacent to an activating group) is 1. The van der Waals surface area contributed by atoms with Gasteiger partial charge in [-0.1, -0.05) is 35.9 Å². The molecule has 0 aliphatic carbocycles. The van der Waals surface area contributed by atoms with Crippen LogP contribution in [0.3, 0.4) is 0 Å². The van der Waals surface area contributed by atoms with Crippen LogP contribution in [-0.2, 0) is 4.79 Å². The quantitative estimate of drug-likeness (QED) is 0.597. The number of hydrogen-bond acceptors (Lipinski definition) is 2. The Morgan fingerprint density at radius 3 is 2.54 bits per heavy atom. The lowest BCUT2D eigenvalue weighted by atomic mass is 10.0. The molecule has 3 rings (SSSR count). The second kappa shape index (κ2) is 7.54. The van der Waals surface area contributed by atoms with E-state index < -0.39 is 0 Å². The van der Waals surface area contributed by atoms with Gasteiger partial charge in [-0.25, -0.2) is 0 Å². The largest absolute Gasteiger partial charge is 0.360 e. The second-order valence-electron chi connectivity index (χ2n) is 6.77. The number of para-hydroxylation sites is 1. The van der Waals surface area contributed by atoms with Gasteiger partial charge >= 0.3 is 0 Å². The number of carbonyl (C=O) groups excluding carboxylic acids is 2. The third kappa shape index (κ3) is 3.83.